The summed E-state index contributed by atoms with van der Waals surface area (Å²) in [6.07, 6.45) is 13.4. The number of nitrogens with one attached hydrogen (secondary N) is 1. The first-order valence-electron chi connectivity index (χ1n) is 8.91. The zero-order valence-corrected chi connectivity index (χ0v) is 15.4. The second kappa shape index (κ2) is 6.88. The summed E-state index contributed by atoms with van der Waals surface area (Å²) in [5.41, 5.74) is 2.07. The Bertz CT molecular complexity index is 416. The SMILES string of the molecule is CC(C)(C)CCC1=CC(OC2CC(NC(C)(C)C)C2)CC=C1. The fourth-order valence-electron chi connectivity index (χ4n) is 3.15. The van der Waals surface area contributed by atoms with E-state index in [9.17, 15) is 0 Å². The first kappa shape index (κ1) is 17.7. The highest BCUT2D eigenvalue weighted by Gasteiger charge is 2.33. The Morgan fingerprint density at radius 2 is 1.82 bits per heavy atom. The Balaban J connectivity index is 1.73. The minimum atomic E-state index is 0.212. The van der Waals surface area contributed by atoms with Gasteiger partial charge in [-0.05, 0) is 63.9 Å². The number of hydrogen-bond donors (Lipinski definition) is 1. The molecule has 2 heteroatoms. The molecule has 1 atom stereocenters. The van der Waals surface area contributed by atoms with Crippen LogP contribution in [0.25, 0.3) is 0 Å². The van der Waals surface area contributed by atoms with Gasteiger partial charge in [-0.2, -0.15) is 0 Å². The number of hydrogen-bond acceptors (Lipinski definition) is 2. The molecule has 0 aromatic rings. The van der Waals surface area contributed by atoms with Crippen LogP contribution in [0, 0.1) is 5.41 Å². The molecule has 0 aliphatic heterocycles. The molecule has 1 unspecified atom stereocenters. The van der Waals surface area contributed by atoms with Crippen molar-refractivity contribution in [2.45, 2.75) is 97.4 Å². The van der Waals surface area contributed by atoms with Crippen LogP contribution < -0.4 is 5.32 Å². The lowest BCUT2D eigenvalue weighted by atomic mass is 9.86. The molecule has 0 radical (unpaired) electrons. The van der Waals surface area contributed by atoms with Crippen molar-refractivity contribution in [3.63, 3.8) is 0 Å². The molecule has 2 nitrogen and oxygen atoms in total. The van der Waals surface area contributed by atoms with Crippen molar-refractivity contribution < 1.29 is 4.74 Å². The predicted octanol–water partition coefficient (Wildman–Crippen LogP) is 5.00. The van der Waals surface area contributed by atoms with Crippen LogP contribution in [0.2, 0.25) is 0 Å². The topological polar surface area (TPSA) is 21.3 Å². The lowest BCUT2D eigenvalue weighted by Gasteiger charge is -2.41. The molecule has 0 heterocycles. The lowest BCUT2D eigenvalue weighted by molar-refractivity contribution is -0.0489. The van der Waals surface area contributed by atoms with Crippen LogP contribution in [0.1, 0.15) is 73.6 Å². The summed E-state index contributed by atoms with van der Waals surface area (Å²) in [5, 5.41) is 3.66. The Morgan fingerprint density at radius 3 is 2.41 bits per heavy atom. The first-order chi connectivity index (χ1) is 10.1. The van der Waals surface area contributed by atoms with Crippen LogP contribution in [0.4, 0.5) is 0 Å². The summed E-state index contributed by atoms with van der Waals surface area (Å²) in [7, 11) is 0. The second-order valence-corrected chi connectivity index (χ2v) is 9.30. The quantitative estimate of drug-likeness (QED) is 0.771. The molecule has 1 N–H and O–H groups in total. The van der Waals surface area contributed by atoms with Gasteiger partial charge in [-0.1, -0.05) is 39.0 Å². The van der Waals surface area contributed by atoms with Gasteiger partial charge in [0, 0.05) is 11.6 Å². The van der Waals surface area contributed by atoms with Gasteiger partial charge in [-0.25, -0.2) is 0 Å². The van der Waals surface area contributed by atoms with Gasteiger partial charge in [-0.15, -0.1) is 0 Å². The lowest BCUT2D eigenvalue weighted by Crippen LogP contribution is -2.53. The fourth-order valence-corrected chi connectivity index (χ4v) is 3.15. The van der Waals surface area contributed by atoms with Gasteiger partial charge in [0.1, 0.15) is 0 Å². The Morgan fingerprint density at radius 1 is 1.14 bits per heavy atom. The molecule has 0 bridgehead atoms. The van der Waals surface area contributed by atoms with Crippen molar-refractivity contribution in [2.75, 3.05) is 0 Å². The van der Waals surface area contributed by atoms with Crippen molar-refractivity contribution >= 4 is 0 Å². The summed E-state index contributed by atoms with van der Waals surface area (Å²) in [5.74, 6) is 0. The van der Waals surface area contributed by atoms with Crippen molar-refractivity contribution in [1.29, 1.82) is 0 Å². The van der Waals surface area contributed by atoms with Gasteiger partial charge < -0.3 is 10.1 Å². The van der Waals surface area contributed by atoms with Crippen molar-refractivity contribution in [3.05, 3.63) is 23.8 Å². The molecule has 0 spiro atoms. The molecule has 0 aromatic heterocycles. The van der Waals surface area contributed by atoms with Gasteiger partial charge in [0.2, 0.25) is 0 Å². The summed E-state index contributed by atoms with van der Waals surface area (Å²) < 4.78 is 6.27. The zero-order valence-electron chi connectivity index (χ0n) is 15.4. The highest BCUT2D eigenvalue weighted by Crippen LogP contribution is 2.30. The molecule has 0 amide bonds. The summed E-state index contributed by atoms with van der Waals surface area (Å²) >= 11 is 0. The van der Waals surface area contributed by atoms with Gasteiger partial charge in [-0.3, -0.25) is 0 Å². The zero-order chi connectivity index (χ0) is 16.4. The van der Waals surface area contributed by atoms with Gasteiger partial charge >= 0.3 is 0 Å². The van der Waals surface area contributed by atoms with E-state index in [2.05, 4.69) is 65.1 Å². The third-order valence-corrected chi connectivity index (χ3v) is 4.36. The second-order valence-electron chi connectivity index (χ2n) is 9.30. The van der Waals surface area contributed by atoms with E-state index in [0.29, 0.717) is 23.7 Å². The van der Waals surface area contributed by atoms with Crippen LogP contribution in [0.15, 0.2) is 23.8 Å². The minimum Gasteiger partial charge on any atom is -0.370 e. The maximum absolute atomic E-state index is 6.27. The molecule has 22 heavy (non-hydrogen) atoms. The third-order valence-electron chi connectivity index (χ3n) is 4.36. The Labute approximate surface area is 137 Å². The van der Waals surface area contributed by atoms with Crippen molar-refractivity contribution in [1.82, 2.24) is 5.32 Å². The summed E-state index contributed by atoms with van der Waals surface area (Å²) in [6, 6.07) is 0.633. The average Bonchev–Trinajstić information content (AvgIpc) is 2.32. The molecule has 0 saturated heterocycles. The molecule has 2 rings (SSSR count). The van der Waals surface area contributed by atoms with E-state index in [0.717, 1.165) is 19.3 Å². The Kier molecular flexibility index (Phi) is 5.55. The highest BCUT2D eigenvalue weighted by molar-refractivity contribution is 5.25. The molecule has 2 aliphatic rings. The number of rotatable bonds is 5. The minimum absolute atomic E-state index is 0.212. The van der Waals surface area contributed by atoms with E-state index < -0.39 is 0 Å². The summed E-state index contributed by atoms with van der Waals surface area (Å²) in [6.45, 7) is 13.6. The van der Waals surface area contributed by atoms with Crippen LogP contribution in [-0.2, 0) is 4.74 Å². The third kappa shape index (κ3) is 6.26. The van der Waals surface area contributed by atoms with E-state index in [1.807, 2.05) is 0 Å². The van der Waals surface area contributed by atoms with Gasteiger partial charge in [0.15, 0.2) is 0 Å². The molecule has 1 saturated carbocycles. The van der Waals surface area contributed by atoms with Crippen LogP contribution in [0.5, 0.6) is 0 Å². The largest absolute Gasteiger partial charge is 0.370 e. The van der Waals surface area contributed by atoms with E-state index in [1.165, 1.54) is 18.4 Å². The standard InChI is InChI=1S/C20H35NO/c1-19(2,3)11-10-15-8-7-9-17(12-15)22-18-13-16(14-18)21-20(4,5)6/h7-8,12,16-18,21H,9-11,13-14H2,1-6H3. The van der Waals surface area contributed by atoms with E-state index in [4.69, 9.17) is 4.74 Å². The van der Waals surface area contributed by atoms with Crippen LogP contribution >= 0.6 is 0 Å². The van der Waals surface area contributed by atoms with E-state index in [-0.39, 0.29) is 5.54 Å². The van der Waals surface area contributed by atoms with Crippen molar-refractivity contribution in [3.8, 4) is 0 Å². The number of ether oxygens (including phenoxy) is 1. The highest BCUT2D eigenvalue weighted by atomic mass is 16.5. The van der Waals surface area contributed by atoms with Gasteiger partial charge in [0.25, 0.3) is 0 Å². The molecular formula is C20H35NO. The van der Waals surface area contributed by atoms with Gasteiger partial charge in [0.05, 0.1) is 12.2 Å². The molecule has 0 aromatic carbocycles. The van der Waals surface area contributed by atoms with E-state index >= 15 is 0 Å². The molecule has 126 valence electrons. The molecular weight excluding hydrogens is 270 g/mol. The maximum Gasteiger partial charge on any atom is 0.0799 e. The maximum atomic E-state index is 6.27. The predicted molar refractivity (Wildman–Crippen MR) is 95.1 cm³/mol. The average molecular weight is 306 g/mol. The smallest absolute Gasteiger partial charge is 0.0799 e. The summed E-state index contributed by atoms with van der Waals surface area (Å²) in [4.78, 5) is 0. The monoisotopic (exact) mass is 305 g/mol. The van der Waals surface area contributed by atoms with E-state index in [1.54, 1.807) is 0 Å². The number of allylic oxidation sites excluding steroid dienone is 2. The molecule has 1 fully saturated rings. The van der Waals surface area contributed by atoms with Crippen LogP contribution in [0.3, 0.4) is 0 Å². The van der Waals surface area contributed by atoms with Crippen LogP contribution in [-0.4, -0.2) is 23.8 Å². The normalized spacial score (nSPS) is 29.2. The molecule has 2 aliphatic carbocycles. The fraction of sp³-hybridized carbons (Fsp3) is 0.800. The Hall–Kier alpha value is -0.600. The van der Waals surface area contributed by atoms with Crippen molar-refractivity contribution in [2.24, 2.45) is 5.41 Å². The first-order valence-corrected chi connectivity index (χ1v) is 8.91.